The number of aromatic nitrogens is 2. The van der Waals surface area contributed by atoms with Crippen LogP contribution in [0.3, 0.4) is 0 Å². The first-order valence-corrected chi connectivity index (χ1v) is 11.9. The van der Waals surface area contributed by atoms with Gasteiger partial charge in [-0.2, -0.15) is 11.8 Å². The Morgan fingerprint density at radius 1 is 1.03 bits per heavy atom. The SMILES string of the molecule is Cc1ccnc(NS(=O)(=O)c2ccc(NC(=O)CCSCc3ccccc3)cc2)n1. The van der Waals surface area contributed by atoms with Crippen molar-refractivity contribution in [1.29, 1.82) is 0 Å². The number of thioether (sulfide) groups is 1. The van der Waals surface area contributed by atoms with Crippen LogP contribution < -0.4 is 10.0 Å². The standard InChI is InChI=1S/C21H22N4O3S2/c1-16-11-13-22-21(23-16)25-30(27,28)19-9-7-18(8-10-19)24-20(26)12-14-29-15-17-5-3-2-4-6-17/h2-11,13H,12,14-15H2,1H3,(H,24,26)(H,22,23,25). The lowest BCUT2D eigenvalue weighted by molar-refractivity contribution is -0.115. The molecule has 0 bridgehead atoms. The topological polar surface area (TPSA) is 101 Å². The molecular weight excluding hydrogens is 420 g/mol. The van der Waals surface area contributed by atoms with E-state index in [1.807, 2.05) is 18.2 Å². The molecule has 0 saturated heterocycles. The minimum absolute atomic E-state index is 0.0142. The van der Waals surface area contributed by atoms with Gasteiger partial charge in [0.15, 0.2) is 0 Å². The molecule has 0 fully saturated rings. The predicted octanol–water partition coefficient (Wildman–Crippen LogP) is 3.85. The molecule has 30 heavy (non-hydrogen) atoms. The molecule has 1 amide bonds. The number of anilines is 2. The van der Waals surface area contributed by atoms with Crippen LogP contribution in [0.15, 0.2) is 71.8 Å². The average Bonchev–Trinajstić information content (AvgIpc) is 2.72. The van der Waals surface area contributed by atoms with Gasteiger partial charge in [0.1, 0.15) is 0 Å². The van der Waals surface area contributed by atoms with E-state index in [9.17, 15) is 13.2 Å². The second-order valence-corrected chi connectivity index (χ2v) is 9.28. The van der Waals surface area contributed by atoms with Gasteiger partial charge in [-0.25, -0.2) is 23.1 Å². The number of sulfonamides is 1. The first kappa shape index (κ1) is 21.8. The summed E-state index contributed by atoms with van der Waals surface area (Å²) in [7, 11) is -3.81. The summed E-state index contributed by atoms with van der Waals surface area (Å²) in [6.45, 7) is 1.75. The lowest BCUT2D eigenvalue weighted by atomic mass is 10.2. The summed E-state index contributed by atoms with van der Waals surface area (Å²) in [6.07, 6.45) is 1.86. The minimum atomic E-state index is -3.81. The molecule has 9 heteroatoms. The maximum Gasteiger partial charge on any atom is 0.264 e. The first-order valence-electron chi connectivity index (χ1n) is 9.26. The zero-order valence-electron chi connectivity index (χ0n) is 16.4. The third-order valence-corrected chi connectivity index (χ3v) is 6.43. The number of nitrogens with zero attached hydrogens (tertiary/aromatic N) is 2. The van der Waals surface area contributed by atoms with E-state index in [1.54, 1.807) is 36.9 Å². The molecule has 0 saturated carbocycles. The van der Waals surface area contributed by atoms with E-state index in [1.165, 1.54) is 23.9 Å². The Balaban J connectivity index is 1.49. The van der Waals surface area contributed by atoms with E-state index >= 15 is 0 Å². The van der Waals surface area contributed by atoms with Crippen molar-refractivity contribution >= 4 is 39.3 Å². The third kappa shape index (κ3) is 6.57. The molecule has 1 aromatic heterocycles. The Morgan fingerprint density at radius 2 is 1.77 bits per heavy atom. The van der Waals surface area contributed by atoms with Crippen molar-refractivity contribution < 1.29 is 13.2 Å². The molecule has 0 aliphatic heterocycles. The van der Waals surface area contributed by atoms with Crippen LogP contribution in [0.25, 0.3) is 0 Å². The van der Waals surface area contributed by atoms with Crippen molar-refractivity contribution in [2.45, 2.75) is 24.0 Å². The molecule has 0 spiro atoms. The molecule has 1 heterocycles. The molecule has 0 radical (unpaired) electrons. The molecule has 0 atom stereocenters. The maximum absolute atomic E-state index is 12.5. The van der Waals surface area contributed by atoms with Gasteiger partial charge in [-0.3, -0.25) is 4.79 Å². The highest BCUT2D eigenvalue weighted by Crippen LogP contribution is 2.17. The van der Waals surface area contributed by atoms with E-state index in [2.05, 4.69) is 32.1 Å². The molecular formula is C21H22N4O3S2. The number of hydrogen-bond acceptors (Lipinski definition) is 6. The molecule has 2 N–H and O–H groups in total. The normalized spacial score (nSPS) is 11.1. The second-order valence-electron chi connectivity index (χ2n) is 6.49. The summed E-state index contributed by atoms with van der Waals surface area (Å²) in [5.74, 6) is 1.46. The van der Waals surface area contributed by atoms with Crippen molar-refractivity contribution in [2.75, 3.05) is 15.8 Å². The lowest BCUT2D eigenvalue weighted by Gasteiger charge is -2.09. The zero-order chi connectivity index (χ0) is 21.4. The average molecular weight is 443 g/mol. The predicted molar refractivity (Wildman–Crippen MR) is 120 cm³/mol. The number of rotatable bonds is 9. The molecule has 0 aliphatic rings. The summed E-state index contributed by atoms with van der Waals surface area (Å²) in [5.41, 5.74) is 2.42. The highest BCUT2D eigenvalue weighted by Gasteiger charge is 2.16. The number of amides is 1. The van der Waals surface area contributed by atoms with Crippen molar-refractivity contribution in [3.05, 3.63) is 78.1 Å². The zero-order valence-corrected chi connectivity index (χ0v) is 18.0. The van der Waals surface area contributed by atoms with Gasteiger partial charge in [0.25, 0.3) is 10.0 Å². The second kappa shape index (κ2) is 10.2. The molecule has 7 nitrogen and oxygen atoms in total. The largest absolute Gasteiger partial charge is 0.326 e. The van der Waals surface area contributed by atoms with Gasteiger partial charge in [-0.15, -0.1) is 0 Å². The summed E-state index contributed by atoms with van der Waals surface area (Å²) in [4.78, 5) is 20.1. The smallest absolute Gasteiger partial charge is 0.264 e. The summed E-state index contributed by atoms with van der Waals surface area (Å²) < 4.78 is 27.3. The summed E-state index contributed by atoms with van der Waals surface area (Å²) in [5, 5.41) is 2.78. The van der Waals surface area contributed by atoms with Crippen LogP contribution in [0.1, 0.15) is 17.7 Å². The van der Waals surface area contributed by atoms with Crippen molar-refractivity contribution in [3.63, 3.8) is 0 Å². The fourth-order valence-electron chi connectivity index (χ4n) is 2.55. The number of carbonyl (C=O) groups excluding carboxylic acids is 1. The van der Waals surface area contributed by atoms with Gasteiger partial charge < -0.3 is 5.32 Å². The molecule has 2 aromatic carbocycles. The fourth-order valence-corrected chi connectivity index (χ4v) is 4.40. The van der Waals surface area contributed by atoms with Gasteiger partial charge in [0, 0.05) is 35.5 Å². The van der Waals surface area contributed by atoms with Crippen LogP contribution in [0, 0.1) is 6.92 Å². The van der Waals surface area contributed by atoms with E-state index < -0.39 is 10.0 Å². The Kier molecular flexibility index (Phi) is 7.42. The monoisotopic (exact) mass is 442 g/mol. The number of carbonyl (C=O) groups is 1. The van der Waals surface area contributed by atoms with Crippen molar-refractivity contribution in [3.8, 4) is 0 Å². The Labute approximate surface area is 180 Å². The Bertz CT molecular complexity index is 1090. The fraction of sp³-hybridized carbons (Fsp3) is 0.190. The lowest BCUT2D eigenvalue weighted by Crippen LogP contribution is -2.16. The molecule has 0 aliphatic carbocycles. The summed E-state index contributed by atoms with van der Waals surface area (Å²) in [6, 6.07) is 17.7. The van der Waals surface area contributed by atoms with Crippen LogP contribution in [-0.4, -0.2) is 30.0 Å². The number of benzene rings is 2. The quantitative estimate of drug-likeness (QED) is 0.488. The first-order chi connectivity index (χ1) is 14.4. The van der Waals surface area contributed by atoms with Gasteiger partial charge >= 0.3 is 0 Å². The molecule has 0 unspecified atom stereocenters. The van der Waals surface area contributed by atoms with Crippen LogP contribution >= 0.6 is 11.8 Å². The van der Waals surface area contributed by atoms with E-state index in [0.717, 1.165) is 5.75 Å². The van der Waals surface area contributed by atoms with Gasteiger partial charge in [0.2, 0.25) is 11.9 Å². The molecule has 156 valence electrons. The summed E-state index contributed by atoms with van der Waals surface area (Å²) >= 11 is 1.69. The van der Waals surface area contributed by atoms with Crippen LogP contribution in [0.5, 0.6) is 0 Å². The van der Waals surface area contributed by atoms with Crippen LogP contribution in [0.4, 0.5) is 11.6 Å². The van der Waals surface area contributed by atoms with Gasteiger partial charge in [0.05, 0.1) is 4.90 Å². The minimum Gasteiger partial charge on any atom is -0.326 e. The number of nitrogens with one attached hydrogen (secondary N) is 2. The van der Waals surface area contributed by atoms with Gasteiger partial charge in [-0.05, 0) is 42.8 Å². The van der Waals surface area contributed by atoms with E-state index in [0.29, 0.717) is 23.6 Å². The molecule has 3 aromatic rings. The van der Waals surface area contributed by atoms with Crippen LogP contribution in [0.2, 0.25) is 0 Å². The highest BCUT2D eigenvalue weighted by atomic mass is 32.2. The number of aryl methyl sites for hydroxylation is 1. The maximum atomic E-state index is 12.5. The highest BCUT2D eigenvalue weighted by molar-refractivity contribution is 7.98. The van der Waals surface area contributed by atoms with E-state index in [-0.39, 0.29) is 16.8 Å². The van der Waals surface area contributed by atoms with Crippen molar-refractivity contribution in [1.82, 2.24) is 9.97 Å². The van der Waals surface area contributed by atoms with Gasteiger partial charge in [-0.1, -0.05) is 30.3 Å². The molecule has 3 rings (SSSR count). The Morgan fingerprint density at radius 3 is 2.47 bits per heavy atom. The number of hydrogen-bond donors (Lipinski definition) is 2. The third-order valence-electron chi connectivity index (χ3n) is 4.05. The van der Waals surface area contributed by atoms with Crippen molar-refractivity contribution in [2.24, 2.45) is 0 Å². The van der Waals surface area contributed by atoms with E-state index in [4.69, 9.17) is 0 Å². The Hall–Kier alpha value is -2.91. The van der Waals surface area contributed by atoms with Crippen LogP contribution in [-0.2, 0) is 20.6 Å².